The van der Waals surface area contributed by atoms with E-state index in [1.807, 2.05) is 12.1 Å². The van der Waals surface area contributed by atoms with Crippen LogP contribution < -0.4 is 15.8 Å². The van der Waals surface area contributed by atoms with Gasteiger partial charge in [0.15, 0.2) is 0 Å². The highest BCUT2D eigenvalue weighted by atomic mass is 16.5. The summed E-state index contributed by atoms with van der Waals surface area (Å²) in [6.45, 7) is 5.74. The number of carbonyl (C=O) groups excluding carboxylic acids is 1. The highest BCUT2D eigenvalue weighted by molar-refractivity contribution is 5.79. The van der Waals surface area contributed by atoms with E-state index in [1.165, 1.54) is 11.1 Å². The van der Waals surface area contributed by atoms with Crippen molar-refractivity contribution in [3.63, 3.8) is 0 Å². The van der Waals surface area contributed by atoms with Crippen LogP contribution in [0, 0.1) is 25.7 Å². The molecular formula is C17H26N2O2. The molecule has 1 amide bonds. The van der Waals surface area contributed by atoms with Gasteiger partial charge in [-0.25, -0.2) is 0 Å². The van der Waals surface area contributed by atoms with Crippen LogP contribution in [0.25, 0.3) is 0 Å². The Morgan fingerprint density at radius 2 is 2.00 bits per heavy atom. The number of hydrogen-bond acceptors (Lipinski definition) is 3. The summed E-state index contributed by atoms with van der Waals surface area (Å²) in [6.07, 6.45) is 3.15. The molecule has 0 unspecified atom stereocenters. The van der Waals surface area contributed by atoms with Crippen molar-refractivity contribution in [3.05, 3.63) is 29.3 Å². The predicted octanol–water partition coefficient (Wildman–Crippen LogP) is 2.17. The molecule has 1 aromatic carbocycles. The fourth-order valence-corrected chi connectivity index (χ4v) is 3.15. The van der Waals surface area contributed by atoms with E-state index in [4.69, 9.17) is 10.5 Å². The Kier molecular flexibility index (Phi) is 5.62. The third-order valence-corrected chi connectivity index (χ3v) is 4.16. The van der Waals surface area contributed by atoms with Gasteiger partial charge in [0.2, 0.25) is 5.91 Å². The van der Waals surface area contributed by atoms with Crippen molar-refractivity contribution in [3.8, 4) is 5.75 Å². The van der Waals surface area contributed by atoms with Crippen molar-refractivity contribution < 1.29 is 9.53 Å². The first kappa shape index (κ1) is 15.8. The second-order valence-electron chi connectivity index (χ2n) is 6.00. The second-order valence-corrected chi connectivity index (χ2v) is 6.00. The van der Waals surface area contributed by atoms with E-state index in [0.717, 1.165) is 25.0 Å². The average molecular weight is 290 g/mol. The Bertz CT molecular complexity index is 467. The van der Waals surface area contributed by atoms with Crippen LogP contribution in [0.3, 0.4) is 0 Å². The first-order chi connectivity index (χ1) is 10.1. The maximum absolute atomic E-state index is 12.1. The second kappa shape index (κ2) is 7.46. The molecule has 0 spiro atoms. The highest BCUT2D eigenvalue weighted by Crippen LogP contribution is 2.30. The number of nitrogens with two attached hydrogens (primary N) is 1. The van der Waals surface area contributed by atoms with Crippen molar-refractivity contribution >= 4 is 5.91 Å². The lowest BCUT2D eigenvalue weighted by Gasteiger charge is -2.17. The van der Waals surface area contributed by atoms with Crippen molar-refractivity contribution in [2.75, 3.05) is 19.7 Å². The van der Waals surface area contributed by atoms with Crippen LogP contribution in [0.2, 0.25) is 0 Å². The summed E-state index contributed by atoms with van der Waals surface area (Å²) in [5.41, 5.74) is 8.09. The zero-order valence-electron chi connectivity index (χ0n) is 13.0. The largest absolute Gasteiger partial charge is 0.492 e. The molecule has 2 atom stereocenters. The van der Waals surface area contributed by atoms with Gasteiger partial charge in [0.1, 0.15) is 12.4 Å². The lowest BCUT2D eigenvalue weighted by Crippen LogP contribution is -2.37. The SMILES string of the molecule is Cc1cc(C)cc(OCCNC(=O)[C@@H]2CCC[C@@H]2CN)c1. The summed E-state index contributed by atoms with van der Waals surface area (Å²) in [6, 6.07) is 6.13. The van der Waals surface area contributed by atoms with Crippen LogP contribution in [0.1, 0.15) is 30.4 Å². The van der Waals surface area contributed by atoms with Crippen LogP contribution >= 0.6 is 0 Å². The molecule has 116 valence electrons. The summed E-state index contributed by atoms with van der Waals surface area (Å²) in [5.74, 6) is 1.44. The van der Waals surface area contributed by atoms with Crippen molar-refractivity contribution in [2.45, 2.75) is 33.1 Å². The van der Waals surface area contributed by atoms with Gasteiger partial charge in [0.25, 0.3) is 0 Å². The zero-order valence-corrected chi connectivity index (χ0v) is 13.0. The van der Waals surface area contributed by atoms with Crippen molar-refractivity contribution in [1.82, 2.24) is 5.32 Å². The minimum absolute atomic E-state index is 0.0937. The first-order valence-electron chi connectivity index (χ1n) is 7.79. The van der Waals surface area contributed by atoms with E-state index in [-0.39, 0.29) is 11.8 Å². The van der Waals surface area contributed by atoms with Crippen molar-refractivity contribution in [2.24, 2.45) is 17.6 Å². The zero-order chi connectivity index (χ0) is 15.2. The Labute approximate surface area is 127 Å². The molecule has 2 rings (SSSR count). The number of aryl methyl sites for hydroxylation is 2. The topological polar surface area (TPSA) is 64.3 Å². The molecule has 21 heavy (non-hydrogen) atoms. The van der Waals surface area contributed by atoms with E-state index in [9.17, 15) is 4.79 Å². The van der Waals surface area contributed by atoms with Gasteiger partial charge in [0, 0.05) is 5.92 Å². The molecule has 3 N–H and O–H groups in total. The van der Waals surface area contributed by atoms with Crippen LogP contribution in [0.5, 0.6) is 5.75 Å². The molecular weight excluding hydrogens is 264 g/mol. The maximum atomic E-state index is 12.1. The van der Waals surface area contributed by atoms with Crippen molar-refractivity contribution in [1.29, 1.82) is 0 Å². The molecule has 1 aromatic rings. The predicted molar refractivity (Wildman–Crippen MR) is 84.3 cm³/mol. The standard InChI is InChI=1S/C17H26N2O2/c1-12-8-13(2)10-15(9-12)21-7-6-19-17(20)16-5-3-4-14(16)11-18/h8-10,14,16H,3-7,11,18H2,1-2H3,(H,19,20)/t14-,16-/m1/s1. The molecule has 0 radical (unpaired) electrons. The van der Waals surface area contributed by atoms with Gasteiger partial charge in [-0.2, -0.15) is 0 Å². The maximum Gasteiger partial charge on any atom is 0.223 e. The van der Waals surface area contributed by atoms with Gasteiger partial charge in [-0.1, -0.05) is 12.5 Å². The molecule has 1 aliphatic carbocycles. The number of hydrogen-bond donors (Lipinski definition) is 2. The number of nitrogens with one attached hydrogen (secondary N) is 1. The van der Waals surface area contributed by atoms with Gasteiger partial charge in [-0.05, 0) is 62.4 Å². The molecule has 4 nitrogen and oxygen atoms in total. The number of carbonyl (C=O) groups is 1. The van der Waals surface area contributed by atoms with Gasteiger partial charge >= 0.3 is 0 Å². The van der Waals surface area contributed by atoms with Crippen LogP contribution in [-0.4, -0.2) is 25.6 Å². The molecule has 0 aliphatic heterocycles. The third kappa shape index (κ3) is 4.46. The Hall–Kier alpha value is -1.55. The number of benzene rings is 1. The van der Waals surface area contributed by atoms with E-state index in [0.29, 0.717) is 25.6 Å². The Morgan fingerprint density at radius 1 is 1.29 bits per heavy atom. The summed E-state index contributed by atoms with van der Waals surface area (Å²) in [4.78, 5) is 12.1. The van der Waals surface area contributed by atoms with Gasteiger partial charge < -0.3 is 15.8 Å². The summed E-state index contributed by atoms with van der Waals surface area (Å²) >= 11 is 0. The highest BCUT2D eigenvalue weighted by Gasteiger charge is 2.31. The minimum Gasteiger partial charge on any atom is -0.492 e. The molecule has 1 fully saturated rings. The van der Waals surface area contributed by atoms with Gasteiger partial charge in [0.05, 0.1) is 6.54 Å². The van der Waals surface area contributed by atoms with Crippen LogP contribution in [0.4, 0.5) is 0 Å². The van der Waals surface area contributed by atoms with E-state index >= 15 is 0 Å². The summed E-state index contributed by atoms with van der Waals surface area (Å²) in [7, 11) is 0. The Morgan fingerprint density at radius 3 is 2.67 bits per heavy atom. The number of amides is 1. The monoisotopic (exact) mass is 290 g/mol. The fourth-order valence-electron chi connectivity index (χ4n) is 3.15. The molecule has 0 heterocycles. The van der Waals surface area contributed by atoms with Gasteiger partial charge in [-0.15, -0.1) is 0 Å². The molecule has 4 heteroatoms. The first-order valence-corrected chi connectivity index (χ1v) is 7.79. The molecule has 0 saturated heterocycles. The lowest BCUT2D eigenvalue weighted by atomic mass is 9.95. The smallest absolute Gasteiger partial charge is 0.223 e. The minimum atomic E-state index is 0.0937. The lowest BCUT2D eigenvalue weighted by molar-refractivity contribution is -0.126. The van der Waals surface area contributed by atoms with Crippen LogP contribution in [-0.2, 0) is 4.79 Å². The number of rotatable bonds is 6. The average Bonchev–Trinajstić information content (AvgIpc) is 2.90. The normalized spacial score (nSPS) is 21.3. The summed E-state index contributed by atoms with van der Waals surface area (Å²) in [5, 5.41) is 2.97. The van der Waals surface area contributed by atoms with E-state index < -0.39 is 0 Å². The van der Waals surface area contributed by atoms with Crippen LogP contribution in [0.15, 0.2) is 18.2 Å². The quantitative estimate of drug-likeness (QED) is 0.789. The molecule has 1 saturated carbocycles. The summed E-state index contributed by atoms with van der Waals surface area (Å²) < 4.78 is 5.69. The third-order valence-electron chi connectivity index (χ3n) is 4.16. The molecule has 0 bridgehead atoms. The molecule has 0 aromatic heterocycles. The number of ether oxygens (including phenoxy) is 1. The fraction of sp³-hybridized carbons (Fsp3) is 0.588. The van der Waals surface area contributed by atoms with E-state index in [2.05, 4.69) is 25.2 Å². The van der Waals surface area contributed by atoms with E-state index in [1.54, 1.807) is 0 Å². The molecule has 1 aliphatic rings. The van der Waals surface area contributed by atoms with Gasteiger partial charge in [-0.3, -0.25) is 4.79 Å². The Balaban J connectivity index is 1.73.